The van der Waals surface area contributed by atoms with E-state index in [2.05, 4.69) is 0 Å². The number of rotatable bonds is 15. The molecule has 0 saturated carbocycles. The van der Waals surface area contributed by atoms with Gasteiger partial charge in [0.15, 0.2) is 23.0 Å². The first-order valence-electron chi connectivity index (χ1n) is 16.8. The van der Waals surface area contributed by atoms with E-state index in [-0.39, 0.29) is 46.6 Å². The van der Waals surface area contributed by atoms with Crippen molar-refractivity contribution >= 4 is 11.9 Å². The van der Waals surface area contributed by atoms with Crippen LogP contribution in [0.25, 0.3) is 0 Å². The Balaban J connectivity index is 0.000000281. The molecule has 0 bridgehead atoms. The van der Waals surface area contributed by atoms with Crippen LogP contribution in [0.3, 0.4) is 0 Å². The zero-order chi connectivity index (χ0) is 36.4. The molecule has 0 atom stereocenters. The van der Waals surface area contributed by atoms with E-state index in [1.54, 1.807) is 31.2 Å². The number of ether oxygens (including phenoxy) is 5. The normalized spacial score (nSPS) is 9.87. The molecule has 272 valence electrons. The molecule has 0 aliphatic heterocycles. The minimum atomic E-state index is -1.00. The average Bonchev–Trinajstić information content (AvgIpc) is 3.20. The van der Waals surface area contributed by atoms with Gasteiger partial charge in [0.1, 0.15) is 26.4 Å². The predicted octanol–water partition coefficient (Wildman–Crippen LogP) is 6.39. The fourth-order valence-corrected chi connectivity index (χ4v) is 4.90. The van der Waals surface area contributed by atoms with Crippen LogP contribution in [0.15, 0.2) is 158 Å². The third-order valence-corrected chi connectivity index (χ3v) is 7.59. The molecule has 6 aromatic rings. The number of benzene rings is 6. The fourth-order valence-electron chi connectivity index (χ4n) is 4.90. The van der Waals surface area contributed by atoms with E-state index in [0.29, 0.717) is 61.6 Å². The molecule has 0 unspecified atom stereocenters. The summed E-state index contributed by atoms with van der Waals surface area (Å²) in [4.78, 5) is 23.3. The van der Waals surface area contributed by atoms with Gasteiger partial charge in [-0.2, -0.15) is 0 Å². The van der Waals surface area contributed by atoms with Crippen LogP contribution in [-0.2, 0) is 31.2 Å². The maximum Gasteiger partial charge on any atom is 1.00 e. The minimum absolute atomic E-state index is 0. The number of carbonyl (C=O) groups is 2. The molecule has 0 radical (unpaired) electrons. The number of esters is 1. The van der Waals surface area contributed by atoms with Crippen molar-refractivity contribution < 1.29 is 73.4 Å². The van der Waals surface area contributed by atoms with Gasteiger partial charge in [0.05, 0.1) is 17.7 Å². The second-order valence-corrected chi connectivity index (χ2v) is 11.4. The van der Waals surface area contributed by atoms with Crippen molar-refractivity contribution in [3.05, 3.63) is 191 Å². The number of hydrogen-bond acceptors (Lipinski definition) is 8. The van der Waals surface area contributed by atoms with E-state index >= 15 is 0 Å². The van der Waals surface area contributed by atoms with Gasteiger partial charge in [0.25, 0.3) is 0 Å². The largest absolute Gasteiger partial charge is 1.00 e. The smallest absolute Gasteiger partial charge is 0.870 e. The van der Waals surface area contributed by atoms with E-state index in [1.807, 2.05) is 121 Å². The zero-order valence-electron chi connectivity index (χ0n) is 30.3. The Morgan fingerprint density at radius 3 is 1.11 bits per heavy atom. The van der Waals surface area contributed by atoms with Crippen LogP contribution in [0.1, 0.15) is 49.9 Å². The molecule has 6 aromatic carbocycles. The Labute approximate surface area is 337 Å². The Morgan fingerprint density at radius 1 is 0.463 bits per heavy atom. The van der Waals surface area contributed by atoms with Crippen molar-refractivity contribution in [3.8, 4) is 23.0 Å². The topological polar surface area (TPSA) is 131 Å². The summed E-state index contributed by atoms with van der Waals surface area (Å²) in [6.45, 7) is 3.63. The van der Waals surface area contributed by atoms with E-state index in [0.717, 1.165) is 22.3 Å². The summed E-state index contributed by atoms with van der Waals surface area (Å²) in [6.07, 6.45) is 0. The van der Waals surface area contributed by atoms with Gasteiger partial charge in [-0.05, 0) is 65.6 Å². The predicted molar refractivity (Wildman–Crippen MR) is 201 cm³/mol. The summed E-state index contributed by atoms with van der Waals surface area (Å²) in [7, 11) is 0. The molecule has 0 heterocycles. The molecule has 0 aromatic heterocycles. The molecular formula is C44H41NaO9. The molecule has 9 nitrogen and oxygen atoms in total. The van der Waals surface area contributed by atoms with Crippen LogP contribution in [0, 0.1) is 0 Å². The summed E-state index contributed by atoms with van der Waals surface area (Å²) in [5.74, 6) is 0.656. The Hall–Kier alpha value is -5.58. The van der Waals surface area contributed by atoms with Crippen molar-refractivity contribution in [2.45, 2.75) is 33.4 Å². The Morgan fingerprint density at radius 2 is 0.778 bits per heavy atom. The zero-order valence-corrected chi connectivity index (χ0v) is 32.3. The molecule has 10 heteroatoms. The van der Waals surface area contributed by atoms with Gasteiger partial charge in [0, 0.05) is 0 Å². The first kappa shape index (κ1) is 42.8. The molecule has 0 spiro atoms. The summed E-state index contributed by atoms with van der Waals surface area (Å²) >= 11 is 0. The van der Waals surface area contributed by atoms with Gasteiger partial charge in [-0.3, -0.25) is 0 Å². The molecule has 0 aliphatic rings. The molecule has 54 heavy (non-hydrogen) atoms. The Kier molecular flexibility index (Phi) is 18.4. The van der Waals surface area contributed by atoms with E-state index in [4.69, 9.17) is 23.7 Å². The summed E-state index contributed by atoms with van der Waals surface area (Å²) in [5, 5.41) is 9.20. The van der Waals surface area contributed by atoms with Crippen molar-refractivity contribution in [1.29, 1.82) is 0 Å². The van der Waals surface area contributed by atoms with Crippen LogP contribution in [0.2, 0.25) is 0 Å². The summed E-state index contributed by atoms with van der Waals surface area (Å²) in [5.41, 5.74) is 4.71. The number of carboxylic acid groups (broad SMARTS) is 1. The third kappa shape index (κ3) is 13.8. The van der Waals surface area contributed by atoms with Crippen molar-refractivity contribution in [3.63, 3.8) is 0 Å². The molecule has 0 saturated heterocycles. The first-order chi connectivity index (χ1) is 25.5. The van der Waals surface area contributed by atoms with Crippen LogP contribution in [0.4, 0.5) is 0 Å². The van der Waals surface area contributed by atoms with Gasteiger partial charge < -0.3 is 34.3 Å². The van der Waals surface area contributed by atoms with E-state index < -0.39 is 5.97 Å². The van der Waals surface area contributed by atoms with E-state index in [1.165, 1.54) is 12.1 Å². The standard InChI is InChI=1S/C23H22O4.C21H18O4.Na.H2O/c1-2-25-23(24)20-13-14-21(26-16-18-9-5-3-6-10-18)22(15-20)27-17-19-11-7-4-8-12-19;22-21(23)18-11-12-19(24-14-16-7-3-1-4-8-16)20(13-18)25-15-17-9-5-2-6-10-17;;/h3-15H,2,16-17H2,1H3;1-13H,14-15H2,(H,22,23);;1H2/q;;+1;/p-1. The molecule has 0 aliphatic carbocycles. The minimum Gasteiger partial charge on any atom is -0.870 e. The first-order valence-corrected chi connectivity index (χ1v) is 16.8. The molecule has 2 N–H and O–H groups in total. The molecule has 0 fully saturated rings. The van der Waals surface area contributed by atoms with E-state index in [9.17, 15) is 14.7 Å². The van der Waals surface area contributed by atoms with Crippen molar-refractivity contribution in [2.75, 3.05) is 6.61 Å². The third-order valence-electron chi connectivity index (χ3n) is 7.59. The van der Waals surface area contributed by atoms with Gasteiger partial charge in [-0.1, -0.05) is 121 Å². The summed E-state index contributed by atoms with van der Waals surface area (Å²) in [6, 6.07) is 48.9. The number of hydrogen-bond donors (Lipinski definition) is 1. The SMILES string of the molecule is CCOC(=O)c1ccc(OCc2ccccc2)c(OCc2ccccc2)c1.O=C(O)c1ccc(OCc2ccccc2)c(OCc2ccccc2)c1.[Na+].[OH-]. The van der Waals surface area contributed by atoms with Crippen LogP contribution in [-0.4, -0.2) is 29.1 Å². The second kappa shape index (κ2) is 23.2. The van der Waals surface area contributed by atoms with Gasteiger partial charge in [-0.25, -0.2) is 9.59 Å². The molecule has 6 rings (SSSR count). The Bertz CT molecular complexity index is 1990. The second-order valence-electron chi connectivity index (χ2n) is 11.4. The van der Waals surface area contributed by atoms with Crippen molar-refractivity contribution in [1.82, 2.24) is 0 Å². The summed E-state index contributed by atoms with van der Waals surface area (Å²) < 4.78 is 28.6. The molecule has 0 amide bonds. The number of carbonyl (C=O) groups excluding carboxylic acids is 1. The maximum absolute atomic E-state index is 12.0. The van der Waals surface area contributed by atoms with Gasteiger partial charge >= 0.3 is 41.5 Å². The van der Waals surface area contributed by atoms with Crippen molar-refractivity contribution in [2.24, 2.45) is 0 Å². The van der Waals surface area contributed by atoms with Crippen LogP contribution >= 0.6 is 0 Å². The average molecular weight is 737 g/mol. The molecular weight excluding hydrogens is 695 g/mol. The van der Waals surface area contributed by atoms with Crippen LogP contribution in [0.5, 0.6) is 23.0 Å². The fraction of sp³-hybridized carbons (Fsp3) is 0.136. The van der Waals surface area contributed by atoms with Gasteiger partial charge in [-0.15, -0.1) is 0 Å². The maximum atomic E-state index is 12.0. The number of carboxylic acids is 1. The monoisotopic (exact) mass is 736 g/mol. The van der Waals surface area contributed by atoms with Crippen LogP contribution < -0.4 is 48.5 Å². The van der Waals surface area contributed by atoms with Gasteiger partial charge in [0.2, 0.25) is 0 Å². The number of aromatic carboxylic acids is 1. The quantitative estimate of drug-likeness (QED) is 0.0942.